The van der Waals surface area contributed by atoms with E-state index in [1.165, 1.54) is 23.5 Å². The van der Waals surface area contributed by atoms with Crippen LogP contribution in [-0.4, -0.2) is 50.8 Å². The number of aromatic nitrogens is 3. The molecular weight excluding hydrogens is 366 g/mol. The lowest BCUT2D eigenvalue weighted by atomic mass is 10.2. The summed E-state index contributed by atoms with van der Waals surface area (Å²) in [6, 6.07) is 3.96. The molecule has 3 rings (SSSR count). The Bertz CT molecular complexity index is 782. The Morgan fingerprint density at radius 2 is 2.19 bits per heavy atom. The number of pyridine rings is 1. The Morgan fingerprint density at radius 1 is 1.42 bits per heavy atom. The van der Waals surface area contributed by atoms with Gasteiger partial charge in [-0.2, -0.15) is 5.10 Å². The molecule has 1 aliphatic rings. The Labute approximate surface area is 153 Å². The number of hydrogen-bond donors (Lipinski definition) is 3. The van der Waals surface area contributed by atoms with Gasteiger partial charge in [0.25, 0.3) is 0 Å². The maximum atomic E-state index is 11.8. The van der Waals surface area contributed by atoms with Gasteiger partial charge in [-0.25, -0.2) is 14.6 Å². The largest absolute Gasteiger partial charge is 0.477 e. The standard InChI is InChI=1S/C11H12ClN3O3.C4H4N2O2/c1-2-18-11(17)8-6-9(16)14-15(8)10-7(12)4-3-5-13-10;7-4(8)3-1-2-5-6-3/h3-5,8H,2,6H2,1H3,(H,14,16);1-2H,(H,5,6)(H,7,8). The maximum Gasteiger partial charge on any atom is 0.353 e. The number of H-pyrrole nitrogens is 1. The van der Waals surface area contributed by atoms with Crippen LogP contribution >= 0.6 is 11.6 Å². The van der Waals surface area contributed by atoms with E-state index in [1.807, 2.05) is 0 Å². The predicted molar refractivity (Wildman–Crippen MR) is 90.5 cm³/mol. The Kier molecular flexibility index (Phi) is 6.50. The minimum atomic E-state index is -0.984. The highest BCUT2D eigenvalue weighted by Gasteiger charge is 2.38. The van der Waals surface area contributed by atoms with Crippen molar-refractivity contribution >= 4 is 35.3 Å². The molecule has 10 nitrogen and oxygen atoms in total. The first-order valence-corrected chi connectivity index (χ1v) is 7.90. The summed E-state index contributed by atoms with van der Waals surface area (Å²) in [5.41, 5.74) is 2.66. The topological polar surface area (TPSA) is 138 Å². The average molecular weight is 382 g/mol. The molecule has 0 radical (unpaired) electrons. The number of nitrogens with zero attached hydrogens (tertiary/aromatic N) is 3. The third-order valence-electron chi connectivity index (χ3n) is 3.19. The molecule has 26 heavy (non-hydrogen) atoms. The molecule has 1 amide bonds. The van der Waals surface area contributed by atoms with E-state index < -0.39 is 18.0 Å². The summed E-state index contributed by atoms with van der Waals surface area (Å²) in [4.78, 5) is 37.2. The summed E-state index contributed by atoms with van der Waals surface area (Å²) >= 11 is 5.99. The van der Waals surface area contributed by atoms with Gasteiger partial charge < -0.3 is 9.84 Å². The van der Waals surface area contributed by atoms with Crippen molar-refractivity contribution in [2.24, 2.45) is 0 Å². The minimum absolute atomic E-state index is 0.0335. The fourth-order valence-electron chi connectivity index (χ4n) is 2.08. The highest BCUT2D eigenvalue weighted by Crippen LogP contribution is 2.26. The molecule has 3 N–H and O–H groups in total. The number of carboxylic acids is 1. The SMILES string of the molecule is CCOC(=O)C1CC(=O)NN1c1ncccc1Cl.O=C(O)c1ccn[nH]1. The van der Waals surface area contributed by atoms with Crippen LogP contribution in [0.15, 0.2) is 30.6 Å². The molecule has 0 spiro atoms. The molecule has 1 atom stereocenters. The molecule has 3 heterocycles. The monoisotopic (exact) mass is 381 g/mol. The third-order valence-corrected chi connectivity index (χ3v) is 3.49. The van der Waals surface area contributed by atoms with Gasteiger partial charge >= 0.3 is 11.9 Å². The van der Waals surface area contributed by atoms with Crippen molar-refractivity contribution in [2.75, 3.05) is 11.6 Å². The lowest BCUT2D eigenvalue weighted by molar-refractivity contribution is -0.144. The van der Waals surface area contributed by atoms with Gasteiger partial charge in [-0.05, 0) is 25.1 Å². The van der Waals surface area contributed by atoms with Gasteiger partial charge in [-0.15, -0.1) is 0 Å². The highest BCUT2D eigenvalue weighted by molar-refractivity contribution is 6.33. The zero-order chi connectivity index (χ0) is 19.1. The number of carbonyl (C=O) groups excluding carboxylic acids is 2. The van der Waals surface area contributed by atoms with Crippen molar-refractivity contribution in [1.29, 1.82) is 0 Å². The number of hydrogen-bond acceptors (Lipinski definition) is 7. The lowest BCUT2D eigenvalue weighted by Crippen LogP contribution is -2.43. The van der Waals surface area contributed by atoms with Crippen LogP contribution in [0.1, 0.15) is 23.8 Å². The highest BCUT2D eigenvalue weighted by atomic mass is 35.5. The van der Waals surface area contributed by atoms with Crippen molar-refractivity contribution in [1.82, 2.24) is 20.6 Å². The maximum absolute atomic E-state index is 11.8. The smallest absolute Gasteiger partial charge is 0.353 e. The molecule has 0 saturated carbocycles. The molecule has 1 fully saturated rings. The fourth-order valence-corrected chi connectivity index (χ4v) is 2.29. The zero-order valence-electron chi connectivity index (χ0n) is 13.7. The molecule has 0 aromatic carbocycles. The fraction of sp³-hybridized carbons (Fsp3) is 0.267. The number of ether oxygens (including phenoxy) is 1. The molecule has 1 saturated heterocycles. The molecule has 11 heteroatoms. The lowest BCUT2D eigenvalue weighted by Gasteiger charge is -2.23. The molecule has 1 aliphatic heterocycles. The van der Waals surface area contributed by atoms with E-state index in [0.717, 1.165) is 0 Å². The molecule has 2 aromatic rings. The quantitative estimate of drug-likeness (QED) is 0.667. The van der Waals surface area contributed by atoms with Gasteiger partial charge in [0.05, 0.1) is 18.1 Å². The van der Waals surface area contributed by atoms with Gasteiger partial charge in [-0.3, -0.25) is 20.3 Å². The van der Waals surface area contributed by atoms with Crippen LogP contribution in [0.3, 0.4) is 0 Å². The van der Waals surface area contributed by atoms with Crippen LogP contribution in [0.2, 0.25) is 5.02 Å². The van der Waals surface area contributed by atoms with E-state index in [4.69, 9.17) is 21.4 Å². The van der Waals surface area contributed by atoms with Crippen LogP contribution in [0.4, 0.5) is 5.82 Å². The number of aromatic carboxylic acids is 1. The van der Waals surface area contributed by atoms with E-state index in [9.17, 15) is 14.4 Å². The first-order valence-electron chi connectivity index (χ1n) is 7.52. The number of halogens is 1. The van der Waals surface area contributed by atoms with Gasteiger partial charge in [-0.1, -0.05) is 11.6 Å². The summed E-state index contributed by atoms with van der Waals surface area (Å²) < 4.78 is 4.92. The Morgan fingerprint density at radius 3 is 2.73 bits per heavy atom. The second-order valence-corrected chi connectivity index (χ2v) is 5.37. The number of aromatic amines is 1. The number of carboxylic acid groups (broad SMARTS) is 1. The predicted octanol–water partition coefficient (Wildman–Crippen LogP) is 1.02. The van der Waals surface area contributed by atoms with Gasteiger partial charge in [0.1, 0.15) is 5.69 Å². The third kappa shape index (κ3) is 4.70. The molecular formula is C15H16ClN5O5. The van der Waals surface area contributed by atoms with Crippen molar-refractivity contribution in [2.45, 2.75) is 19.4 Å². The average Bonchev–Trinajstić information content (AvgIpc) is 3.26. The Hall–Kier alpha value is -3.14. The number of carbonyl (C=O) groups is 3. The number of amides is 1. The molecule has 138 valence electrons. The van der Waals surface area contributed by atoms with E-state index in [2.05, 4.69) is 20.6 Å². The summed E-state index contributed by atoms with van der Waals surface area (Å²) in [5.74, 6) is -1.39. The Balaban J connectivity index is 0.000000254. The van der Waals surface area contributed by atoms with Crippen molar-refractivity contribution in [3.8, 4) is 0 Å². The number of rotatable bonds is 4. The van der Waals surface area contributed by atoms with Crippen molar-refractivity contribution in [3.05, 3.63) is 41.3 Å². The van der Waals surface area contributed by atoms with Crippen LogP contribution in [0, 0.1) is 0 Å². The van der Waals surface area contributed by atoms with Crippen molar-refractivity contribution < 1.29 is 24.2 Å². The number of esters is 1. The van der Waals surface area contributed by atoms with Crippen LogP contribution in [0.5, 0.6) is 0 Å². The zero-order valence-corrected chi connectivity index (χ0v) is 14.4. The first kappa shape index (κ1) is 19.2. The molecule has 2 aromatic heterocycles. The molecule has 1 unspecified atom stereocenters. The normalized spacial score (nSPS) is 15.7. The summed E-state index contributed by atoms with van der Waals surface area (Å²) in [7, 11) is 0. The van der Waals surface area contributed by atoms with Crippen LogP contribution < -0.4 is 10.4 Å². The summed E-state index contributed by atoms with van der Waals surface area (Å²) in [5, 5.41) is 15.6. The second kappa shape index (κ2) is 8.81. The van der Waals surface area contributed by atoms with Crippen LogP contribution in [-0.2, 0) is 14.3 Å². The minimum Gasteiger partial charge on any atom is -0.477 e. The number of anilines is 1. The number of hydrazine groups is 1. The second-order valence-electron chi connectivity index (χ2n) is 4.96. The van der Waals surface area contributed by atoms with E-state index >= 15 is 0 Å². The molecule has 0 aliphatic carbocycles. The van der Waals surface area contributed by atoms with Crippen LogP contribution in [0.25, 0.3) is 0 Å². The van der Waals surface area contributed by atoms with E-state index in [-0.39, 0.29) is 24.6 Å². The van der Waals surface area contributed by atoms with E-state index in [1.54, 1.807) is 19.1 Å². The van der Waals surface area contributed by atoms with Crippen molar-refractivity contribution in [3.63, 3.8) is 0 Å². The van der Waals surface area contributed by atoms with E-state index in [0.29, 0.717) is 10.8 Å². The van der Waals surface area contributed by atoms with Gasteiger partial charge in [0, 0.05) is 12.4 Å². The van der Waals surface area contributed by atoms with Gasteiger partial charge in [0.15, 0.2) is 11.9 Å². The molecule has 0 bridgehead atoms. The summed E-state index contributed by atoms with van der Waals surface area (Å²) in [6.07, 6.45) is 2.96. The van der Waals surface area contributed by atoms with Gasteiger partial charge in [0.2, 0.25) is 5.91 Å². The first-order chi connectivity index (χ1) is 12.4. The summed E-state index contributed by atoms with van der Waals surface area (Å²) in [6.45, 7) is 1.97. The number of nitrogens with one attached hydrogen (secondary N) is 2.